The Kier molecular flexibility index (Phi) is 4.59. The van der Waals surface area contributed by atoms with Crippen LogP contribution in [0.3, 0.4) is 0 Å². The molecule has 0 bridgehead atoms. The number of carbonyl (C=O) groups excluding carboxylic acids is 1. The van der Waals surface area contributed by atoms with Gasteiger partial charge in [-0.2, -0.15) is 13.2 Å². The Morgan fingerprint density at radius 2 is 1.94 bits per heavy atom. The van der Waals surface area contributed by atoms with Gasteiger partial charge < -0.3 is 10.6 Å². The highest BCUT2D eigenvalue weighted by molar-refractivity contribution is 5.94. The molecule has 1 aromatic rings. The van der Waals surface area contributed by atoms with E-state index in [1.54, 1.807) is 12.1 Å². The molecule has 1 amide bonds. The van der Waals surface area contributed by atoms with Crippen LogP contribution in [0, 0.1) is 0 Å². The second-order valence-corrected chi connectivity index (χ2v) is 3.88. The van der Waals surface area contributed by atoms with E-state index >= 15 is 0 Å². The second-order valence-electron chi connectivity index (χ2n) is 3.88. The minimum atomic E-state index is -4.38. The molecule has 2 rings (SSSR count). The minimum Gasteiger partial charge on any atom is -0.343 e. The number of nitrogens with one attached hydrogen (secondary N) is 2. The van der Waals surface area contributed by atoms with Crippen LogP contribution in [-0.4, -0.2) is 18.6 Å². The molecule has 1 aliphatic heterocycles. The van der Waals surface area contributed by atoms with Gasteiger partial charge in [0.15, 0.2) is 0 Å². The van der Waals surface area contributed by atoms with Crippen molar-refractivity contribution >= 4 is 18.3 Å². The van der Waals surface area contributed by atoms with Gasteiger partial charge in [-0.3, -0.25) is 4.79 Å². The lowest BCUT2D eigenvalue weighted by molar-refractivity contribution is -0.123. The van der Waals surface area contributed by atoms with Gasteiger partial charge in [-0.25, -0.2) is 0 Å². The quantitative estimate of drug-likeness (QED) is 0.870. The van der Waals surface area contributed by atoms with Gasteiger partial charge in [0, 0.05) is 18.7 Å². The van der Waals surface area contributed by atoms with Crippen LogP contribution in [0.15, 0.2) is 18.2 Å². The van der Waals surface area contributed by atoms with Crippen molar-refractivity contribution in [3.05, 3.63) is 34.9 Å². The van der Waals surface area contributed by atoms with Crippen molar-refractivity contribution in [3.63, 3.8) is 0 Å². The molecule has 7 heteroatoms. The van der Waals surface area contributed by atoms with Crippen molar-refractivity contribution in [2.75, 3.05) is 6.54 Å². The highest BCUT2D eigenvalue weighted by atomic mass is 35.5. The normalized spacial score (nSPS) is 13.7. The monoisotopic (exact) mass is 280 g/mol. The highest BCUT2D eigenvalue weighted by Crippen LogP contribution is 2.17. The lowest BCUT2D eigenvalue weighted by Gasteiger charge is -2.09. The molecule has 18 heavy (non-hydrogen) atoms. The summed E-state index contributed by atoms with van der Waals surface area (Å²) >= 11 is 0. The van der Waals surface area contributed by atoms with E-state index < -0.39 is 18.6 Å². The number of fused-ring (bicyclic) bond motifs is 1. The van der Waals surface area contributed by atoms with Crippen molar-refractivity contribution in [2.24, 2.45) is 0 Å². The summed E-state index contributed by atoms with van der Waals surface area (Å²) in [5.74, 6) is -0.697. The zero-order valence-corrected chi connectivity index (χ0v) is 10.1. The molecule has 0 unspecified atom stereocenters. The first-order chi connectivity index (χ1) is 7.96. The summed E-state index contributed by atoms with van der Waals surface area (Å²) in [5, 5.41) is 4.94. The standard InChI is InChI=1S/C11H11F3N2O.ClH/c12-11(13,14)6-16-10(17)7-1-2-8-4-15-5-9(8)3-7;/h1-3,15H,4-6H2,(H,16,17);1H. The molecule has 1 aliphatic rings. The molecule has 0 radical (unpaired) electrons. The predicted molar refractivity (Wildman–Crippen MR) is 62.6 cm³/mol. The van der Waals surface area contributed by atoms with Crippen LogP contribution < -0.4 is 10.6 Å². The Morgan fingerprint density at radius 1 is 1.28 bits per heavy atom. The van der Waals surface area contributed by atoms with Crippen molar-refractivity contribution in [1.29, 1.82) is 0 Å². The Morgan fingerprint density at radius 3 is 2.61 bits per heavy atom. The second kappa shape index (κ2) is 5.58. The van der Waals surface area contributed by atoms with Crippen LogP contribution in [0.4, 0.5) is 13.2 Å². The topological polar surface area (TPSA) is 41.1 Å². The molecular formula is C11H12ClF3N2O. The summed E-state index contributed by atoms with van der Waals surface area (Å²) in [7, 11) is 0. The van der Waals surface area contributed by atoms with Crippen molar-refractivity contribution < 1.29 is 18.0 Å². The van der Waals surface area contributed by atoms with E-state index in [4.69, 9.17) is 0 Å². The van der Waals surface area contributed by atoms with E-state index in [0.717, 1.165) is 17.7 Å². The fourth-order valence-electron chi connectivity index (χ4n) is 1.72. The Balaban J connectivity index is 0.00000162. The first kappa shape index (κ1) is 14.8. The zero-order chi connectivity index (χ0) is 12.5. The summed E-state index contributed by atoms with van der Waals surface area (Å²) in [6.07, 6.45) is -4.38. The first-order valence-electron chi connectivity index (χ1n) is 5.13. The van der Waals surface area contributed by atoms with Crippen LogP contribution in [-0.2, 0) is 13.1 Å². The Labute approximate surface area is 108 Å². The summed E-state index contributed by atoms with van der Waals surface area (Å²) < 4.78 is 35.8. The third kappa shape index (κ3) is 3.61. The van der Waals surface area contributed by atoms with Crippen molar-refractivity contribution in [2.45, 2.75) is 19.3 Å². The summed E-state index contributed by atoms with van der Waals surface area (Å²) in [6, 6.07) is 4.93. The molecule has 0 aliphatic carbocycles. The Bertz CT molecular complexity index is 448. The smallest absolute Gasteiger partial charge is 0.343 e. The maximum atomic E-state index is 11.9. The molecule has 0 spiro atoms. The largest absolute Gasteiger partial charge is 0.405 e. The maximum absolute atomic E-state index is 11.9. The molecular weight excluding hydrogens is 269 g/mol. The molecule has 3 nitrogen and oxygen atoms in total. The van der Waals surface area contributed by atoms with Crippen molar-refractivity contribution in [1.82, 2.24) is 10.6 Å². The van der Waals surface area contributed by atoms with Crippen LogP contribution >= 0.6 is 12.4 Å². The highest BCUT2D eigenvalue weighted by Gasteiger charge is 2.28. The van der Waals surface area contributed by atoms with E-state index in [9.17, 15) is 18.0 Å². The fourth-order valence-corrected chi connectivity index (χ4v) is 1.72. The number of amides is 1. The third-order valence-corrected chi connectivity index (χ3v) is 2.55. The van der Waals surface area contributed by atoms with E-state index in [1.165, 1.54) is 6.07 Å². The summed E-state index contributed by atoms with van der Waals surface area (Å²) in [4.78, 5) is 11.5. The Hall–Kier alpha value is -1.27. The predicted octanol–water partition coefficient (Wildman–Crippen LogP) is 2.00. The molecule has 1 aromatic carbocycles. The number of hydrogen-bond acceptors (Lipinski definition) is 2. The van der Waals surface area contributed by atoms with Crippen LogP contribution in [0.25, 0.3) is 0 Å². The van der Waals surface area contributed by atoms with Gasteiger partial charge in [-0.05, 0) is 23.3 Å². The fraction of sp³-hybridized carbons (Fsp3) is 0.364. The van der Waals surface area contributed by atoms with Gasteiger partial charge in [0.1, 0.15) is 6.54 Å². The molecule has 0 fully saturated rings. The molecule has 0 atom stereocenters. The van der Waals surface area contributed by atoms with Gasteiger partial charge >= 0.3 is 6.18 Å². The SMILES string of the molecule is Cl.O=C(NCC(F)(F)F)c1ccc2c(c1)CNC2. The number of hydrogen-bond donors (Lipinski definition) is 2. The van der Waals surface area contributed by atoms with E-state index in [-0.39, 0.29) is 18.0 Å². The minimum absolute atomic E-state index is 0. The van der Waals surface area contributed by atoms with Crippen molar-refractivity contribution in [3.8, 4) is 0 Å². The first-order valence-corrected chi connectivity index (χ1v) is 5.13. The number of carbonyl (C=O) groups is 1. The average Bonchev–Trinajstić information content (AvgIpc) is 2.71. The van der Waals surface area contributed by atoms with Gasteiger partial charge in [-0.1, -0.05) is 6.07 Å². The summed E-state index contributed by atoms with van der Waals surface area (Å²) in [6.45, 7) is 0.0800. The molecule has 1 heterocycles. The number of rotatable bonds is 2. The van der Waals surface area contributed by atoms with Crippen LogP contribution in [0.2, 0.25) is 0 Å². The lowest BCUT2D eigenvalue weighted by Crippen LogP contribution is -2.33. The zero-order valence-electron chi connectivity index (χ0n) is 9.30. The lowest BCUT2D eigenvalue weighted by atomic mass is 10.1. The van der Waals surface area contributed by atoms with Gasteiger partial charge in [0.05, 0.1) is 0 Å². The van der Waals surface area contributed by atoms with Gasteiger partial charge in [0.25, 0.3) is 5.91 Å². The third-order valence-electron chi connectivity index (χ3n) is 2.55. The molecule has 0 saturated carbocycles. The average molecular weight is 281 g/mol. The van der Waals surface area contributed by atoms with E-state index in [0.29, 0.717) is 6.54 Å². The van der Waals surface area contributed by atoms with Gasteiger partial charge in [-0.15, -0.1) is 12.4 Å². The summed E-state index contributed by atoms with van der Waals surface area (Å²) in [5.41, 5.74) is 2.30. The van der Waals surface area contributed by atoms with Crippen LogP contribution in [0.1, 0.15) is 21.5 Å². The molecule has 0 aromatic heterocycles. The molecule has 100 valence electrons. The van der Waals surface area contributed by atoms with E-state index in [1.807, 2.05) is 5.32 Å². The molecule has 0 saturated heterocycles. The van der Waals surface area contributed by atoms with Crippen LogP contribution in [0.5, 0.6) is 0 Å². The number of benzene rings is 1. The van der Waals surface area contributed by atoms with Gasteiger partial charge in [0.2, 0.25) is 0 Å². The maximum Gasteiger partial charge on any atom is 0.405 e. The number of halogens is 4. The van der Waals surface area contributed by atoms with E-state index in [2.05, 4.69) is 5.32 Å². The molecule has 2 N–H and O–H groups in total. The number of alkyl halides is 3.